The molecule has 1 aliphatic carbocycles. The summed E-state index contributed by atoms with van der Waals surface area (Å²) in [5, 5.41) is 12.6. The molecule has 1 aliphatic heterocycles. The lowest BCUT2D eigenvalue weighted by Gasteiger charge is -2.16. The number of rotatable bonds is 5. The van der Waals surface area contributed by atoms with Crippen LogP contribution in [0.15, 0.2) is 60.7 Å². The molecule has 0 radical (unpaired) electrons. The highest BCUT2D eigenvalue weighted by molar-refractivity contribution is 6.01. The van der Waals surface area contributed by atoms with E-state index < -0.39 is 5.41 Å². The van der Waals surface area contributed by atoms with E-state index in [9.17, 15) is 9.90 Å². The smallest absolute Gasteiger partial charge is 0.236 e. The number of anilines is 1. The Balaban J connectivity index is 0.00000136. The van der Waals surface area contributed by atoms with Gasteiger partial charge >= 0.3 is 0 Å². The summed E-state index contributed by atoms with van der Waals surface area (Å²) in [4.78, 5) is 17.7. The minimum atomic E-state index is -0.554. The zero-order valence-electron chi connectivity index (χ0n) is 15.7. The number of ether oxygens (including phenoxy) is 2. The van der Waals surface area contributed by atoms with Gasteiger partial charge in [-0.25, -0.2) is 4.98 Å². The van der Waals surface area contributed by atoms with E-state index in [2.05, 4.69) is 10.3 Å². The fourth-order valence-corrected chi connectivity index (χ4v) is 3.76. The SMILES string of the molecule is O=C(Nc1cccc(-c2ccccc2CO)n1)C1(c2ccc3c(c2)OCO3)CC1.[HH].[HH]. The molecule has 0 atom stereocenters. The summed E-state index contributed by atoms with van der Waals surface area (Å²) in [6, 6.07) is 18.7. The molecule has 150 valence electrons. The van der Waals surface area contributed by atoms with Crippen LogP contribution in [-0.4, -0.2) is 22.8 Å². The number of hydrogen-bond acceptors (Lipinski definition) is 5. The highest BCUT2D eigenvalue weighted by atomic mass is 16.7. The minimum Gasteiger partial charge on any atom is -0.454 e. The molecule has 29 heavy (non-hydrogen) atoms. The molecule has 1 saturated carbocycles. The first-order valence-electron chi connectivity index (χ1n) is 9.57. The van der Waals surface area contributed by atoms with E-state index in [-0.39, 0.29) is 22.2 Å². The maximum atomic E-state index is 13.1. The maximum Gasteiger partial charge on any atom is 0.236 e. The summed E-state index contributed by atoms with van der Waals surface area (Å²) in [5.74, 6) is 1.81. The lowest BCUT2D eigenvalue weighted by atomic mass is 9.94. The zero-order chi connectivity index (χ0) is 19.8. The maximum absolute atomic E-state index is 13.1. The third kappa shape index (κ3) is 3.11. The number of fused-ring (bicyclic) bond motifs is 1. The Bertz CT molecular complexity index is 1100. The number of carbonyl (C=O) groups is 1. The Hall–Kier alpha value is -3.38. The van der Waals surface area contributed by atoms with Gasteiger partial charge in [0.25, 0.3) is 0 Å². The molecular formula is C23H24N2O4. The van der Waals surface area contributed by atoms with E-state index in [1.165, 1.54) is 0 Å². The minimum absolute atomic E-state index is 0. The third-order valence-electron chi connectivity index (χ3n) is 5.56. The van der Waals surface area contributed by atoms with Crippen LogP contribution in [0.2, 0.25) is 0 Å². The van der Waals surface area contributed by atoms with Crippen molar-refractivity contribution in [3.8, 4) is 22.8 Å². The topological polar surface area (TPSA) is 80.7 Å². The van der Waals surface area contributed by atoms with Gasteiger partial charge in [0.15, 0.2) is 11.5 Å². The molecule has 2 heterocycles. The molecule has 6 nitrogen and oxygen atoms in total. The van der Waals surface area contributed by atoms with Gasteiger partial charge in [0.05, 0.1) is 17.7 Å². The van der Waals surface area contributed by atoms with Crippen molar-refractivity contribution in [3.63, 3.8) is 0 Å². The highest BCUT2D eigenvalue weighted by Crippen LogP contribution is 2.51. The lowest BCUT2D eigenvalue weighted by Crippen LogP contribution is -2.28. The van der Waals surface area contributed by atoms with E-state index in [1.807, 2.05) is 54.6 Å². The first-order chi connectivity index (χ1) is 14.2. The molecule has 0 unspecified atom stereocenters. The van der Waals surface area contributed by atoms with Gasteiger partial charge in [0.1, 0.15) is 5.82 Å². The predicted molar refractivity (Wildman–Crippen MR) is 112 cm³/mol. The first-order valence-corrected chi connectivity index (χ1v) is 9.57. The van der Waals surface area contributed by atoms with Crippen LogP contribution in [0.5, 0.6) is 11.5 Å². The van der Waals surface area contributed by atoms with Gasteiger partial charge in [0.2, 0.25) is 12.7 Å². The molecule has 1 amide bonds. The van der Waals surface area contributed by atoms with E-state index in [0.717, 1.165) is 29.5 Å². The van der Waals surface area contributed by atoms with Gasteiger partial charge in [-0.1, -0.05) is 36.4 Å². The highest BCUT2D eigenvalue weighted by Gasteiger charge is 2.51. The molecule has 1 aromatic heterocycles. The molecule has 1 fully saturated rings. The van der Waals surface area contributed by atoms with Gasteiger partial charge in [-0.3, -0.25) is 4.79 Å². The van der Waals surface area contributed by atoms with Crippen molar-refractivity contribution >= 4 is 11.7 Å². The van der Waals surface area contributed by atoms with Crippen LogP contribution in [0.1, 0.15) is 26.8 Å². The molecule has 3 aromatic rings. The van der Waals surface area contributed by atoms with Crippen LogP contribution in [0.25, 0.3) is 11.3 Å². The Morgan fingerprint density at radius 1 is 1.07 bits per heavy atom. The Kier molecular flexibility index (Phi) is 4.21. The zero-order valence-corrected chi connectivity index (χ0v) is 15.7. The van der Waals surface area contributed by atoms with Gasteiger partial charge in [0, 0.05) is 8.42 Å². The van der Waals surface area contributed by atoms with Crippen LogP contribution in [0, 0.1) is 0 Å². The average molecular weight is 392 g/mol. The Morgan fingerprint density at radius 3 is 2.72 bits per heavy atom. The molecule has 0 saturated heterocycles. The fraction of sp³-hybridized carbons (Fsp3) is 0.217. The van der Waals surface area contributed by atoms with Crippen molar-refractivity contribution in [1.82, 2.24) is 4.98 Å². The van der Waals surface area contributed by atoms with E-state index in [1.54, 1.807) is 6.07 Å². The quantitative estimate of drug-likeness (QED) is 0.682. The fourth-order valence-electron chi connectivity index (χ4n) is 3.76. The Labute approximate surface area is 171 Å². The molecule has 2 aromatic carbocycles. The summed E-state index contributed by atoms with van der Waals surface area (Å²) in [5.41, 5.74) is 2.73. The van der Waals surface area contributed by atoms with Crippen LogP contribution in [0.4, 0.5) is 5.82 Å². The van der Waals surface area contributed by atoms with Crippen molar-refractivity contribution in [1.29, 1.82) is 0 Å². The summed E-state index contributed by atoms with van der Waals surface area (Å²) in [6.45, 7) is 0.145. The largest absolute Gasteiger partial charge is 0.454 e. The van der Waals surface area contributed by atoms with E-state index in [0.29, 0.717) is 23.0 Å². The number of hydrogen-bond donors (Lipinski definition) is 2. The molecular weight excluding hydrogens is 368 g/mol. The summed E-state index contributed by atoms with van der Waals surface area (Å²) < 4.78 is 10.8. The van der Waals surface area contributed by atoms with Gasteiger partial charge < -0.3 is 19.9 Å². The van der Waals surface area contributed by atoms with Gasteiger partial charge in [-0.05, 0) is 48.2 Å². The van der Waals surface area contributed by atoms with Gasteiger partial charge in [-0.15, -0.1) is 0 Å². The second-order valence-corrected chi connectivity index (χ2v) is 7.33. The number of carbonyl (C=O) groups excluding carboxylic acids is 1. The lowest BCUT2D eigenvalue weighted by molar-refractivity contribution is -0.118. The number of pyridine rings is 1. The predicted octanol–water partition coefficient (Wildman–Crippen LogP) is 4.13. The Morgan fingerprint density at radius 2 is 1.90 bits per heavy atom. The summed E-state index contributed by atoms with van der Waals surface area (Å²) >= 11 is 0. The van der Waals surface area contributed by atoms with Crippen molar-refractivity contribution in [2.75, 3.05) is 12.1 Å². The second-order valence-electron chi connectivity index (χ2n) is 7.33. The average Bonchev–Trinajstić information content (AvgIpc) is 3.45. The van der Waals surface area contributed by atoms with Crippen LogP contribution < -0.4 is 14.8 Å². The molecule has 0 spiro atoms. The first kappa shape index (κ1) is 17.7. The van der Waals surface area contributed by atoms with Crippen molar-refractivity contribution in [2.24, 2.45) is 0 Å². The summed E-state index contributed by atoms with van der Waals surface area (Å²) in [6.07, 6.45) is 1.57. The van der Waals surface area contributed by atoms with Crippen LogP contribution in [-0.2, 0) is 16.8 Å². The molecule has 6 heteroatoms. The van der Waals surface area contributed by atoms with Crippen molar-refractivity contribution in [3.05, 3.63) is 71.8 Å². The number of aliphatic hydroxyl groups is 1. The number of benzene rings is 2. The van der Waals surface area contributed by atoms with E-state index in [4.69, 9.17) is 9.47 Å². The van der Waals surface area contributed by atoms with Crippen LogP contribution >= 0.6 is 0 Å². The number of nitrogens with one attached hydrogen (secondary N) is 1. The number of amides is 1. The number of aliphatic hydroxyl groups excluding tert-OH is 1. The number of aromatic nitrogens is 1. The molecule has 5 rings (SSSR count). The number of nitrogens with zero attached hydrogens (tertiary/aromatic N) is 1. The standard InChI is InChI=1S/C23H20N2O4.2H2/c26-13-15-4-1-2-5-17(15)18-6-3-7-21(24-18)25-22(27)23(10-11-23)16-8-9-19-20(12-16)29-14-28-19;;/h1-9,12,26H,10-11,13-14H2,(H,24,25,27);2*1H. The van der Waals surface area contributed by atoms with E-state index >= 15 is 0 Å². The van der Waals surface area contributed by atoms with Crippen molar-refractivity contribution in [2.45, 2.75) is 24.9 Å². The van der Waals surface area contributed by atoms with Crippen LogP contribution in [0.3, 0.4) is 0 Å². The second kappa shape index (κ2) is 6.90. The normalized spacial score (nSPS) is 15.8. The van der Waals surface area contributed by atoms with Gasteiger partial charge in [-0.2, -0.15) is 0 Å². The molecule has 2 N–H and O–H groups in total. The summed E-state index contributed by atoms with van der Waals surface area (Å²) in [7, 11) is 0. The third-order valence-corrected chi connectivity index (χ3v) is 5.56. The van der Waals surface area contributed by atoms with Crippen molar-refractivity contribution < 1.29 is 22.2 Å². The monoisotopic (exact) mass is 392 g/mol. The molecule has 0 bridgehead atoms. The molecule has 2 aliphatic rings.